The normalized spacial score (nSPS) is 15.9. The van der Waals surface area contributed by atoms with Crippen molar-refractivity contribution in [1.29, 1.82) is 0 Å². The Morgan fingerprint density at radius 2 is 1.90 bits per heavy atom. The number of carbonyl (C=O) groups excluding carboxylic acids is 1. The Morgan fingerprint density at radius 1 is 1.17 bits per heavy atom. The molecule has 0 saturated carbocycles. The van der Waals surface area contributed by atoms with Crippen LogP contribution in [0.25, 0.3) is 10.9 Å². The SMILES string of the molecule is Cc1cc([C@@H](C)Nc2ccc(Cl)nc2C(=O)NS(C)(=O)=O)c2nc(N3CC[C@@H](Nc4ncccn4)C3)n(C)c(=O)c2c1. The van der Waals surface area contributed by atoms with Gasteiger partial charge in [-0.25, -0.2) is 33.1 Å². The number of pyridine rings is 1. The van der Waals surface area contributed by atoms with E-state index in [9.17, 15) is 18.0 Å². The number of nitrogens with zero attached hydrogens (tertiary/aromatic N) is 6. The number of nitrogens with one attached hydrogen (secondary N) is 3. The van der Waals surface area contributed by atoms with Gasteiger partial charge >= 0.3 is 0 Å². The first-order chi connectivity index (χ1) is 19.9. The zero-order valence-corrected chi connectivity index (χ0v) is 25.0. The monoisotopic (exact) mass is 611 g/mol. The standard InChI is InChI=1S/C27H30ClN9O4S/c1-15-12-18(16(2)31-20-6-7-21(28)33-23(20)24(38)35-42(4,40)41)22-19(13-15)25(39)36(3)27(34-22)37-11-8-17(14-37)32-26-29-9-5-10-30-26/h5-7,9-10,12-13,16-17,31H,8,11,14H2,1-4H3,(H,35,38)(H,29,30,32)/t16-,17-/m1/s1. The van der Waals surface area contributed by atoms with E-state index in [0.29, 0.717) is 35.9 Å². The van der Waals surface area contributed by atoms with E-state index in [1.54, 1.807) is 42.2 Å². The van der Waals surface area contributed by atoms with Crippen molar-refractivity contribution < 1.29 is 13.2 Å². The molecule has 13 nitrogen and oxygen atoms in total. The maximum absolute atomic E-state index is 13.6. The first-order valence-corrected chi connectivity index (χ1v) is 15.4. The van der Waals surface area contributed by atoms with Crippen LogP contribution in [0.2, 0.25) is 5.15 Å². The van der Waals surface area contributed by atoms with Crippen molar-refractivity contribution in [3.63, 3.8) is 0 Å². The Balaban J connectivity index is 1.49. The van der Waals surface area contributed by atoms with Gasteiger partial charge in [-0.05, 0) is 50.1 Å². The van der Waals surface area contributed by atoms with Gasteiger partial charge in [0, 0.05) is 44.1 Å². The predicted molar refractivity (Wildman–Crippen MR) is 162 cm³/mol. The van der Waals surface area contributed by atoms with E-state index in [4.69, 9.17) is 16.6 Å². The molecule has 0 radical (unpaired) electrons. The number of fused-ring (bicyclic) bond motifs is 1. The molecule has 1 saturated heterocycles. The molecule has 2 atom stereocenters. The van der Waals surface area contributed by atoms with Crippen LogP contribution in [0.15, 0.2) is 47.5 Å². The number of halogens is 1. The summed E-state index contributed by atoms with van der Waals surface area (Å²) in [4.78, 5) is 45.9. The maximum atomic E-state index is 13.6. The van der Waals surface area contributed by atoms with Crippen LogP contribution in [-0.4, -0.2) is 64.2 Å². The number of carbonyl (C=O) groups is 1. The van der Waals surface area contributed by atoms with E-state index in [-0.39, 0.29) is 28.1 Å². The van der Waals surface area contributed by atoms with Crippen LogP contribution in [0.1, 0.15) is 41.0 Å². The zero-order chi connectivity index (χ0) is 30.2. The van der Waals surface area contributed by atoms with Crippen molar-refractivity contribution in [2.24, 2.45) is 7.05 Å². The van der Waals surface area contributed by atoms with Gasteiger partial charge in [-0.3, -0.25) is 14.2 Å². The van der Waals surface area contributed by atoms with Gasteiger partial charge in [0.2, 0.25) is 21.9 Å². The highest BCUT2D eigenvalue weighted by molar-refractivity contribution is 7.89. The molecule has 1 fully saturated rings. The molecule has 4 heterocycles. The lowest BCUT2D eigenvalue weighted by atomic mass is 10.0. The quantitative estimate of drug-likeness (QED) is 0.251. The Bertz CT molecular complexity index is 1830. The molecule has 1 aromatic carbocycles. The number of aromatic nitrogens is 5. The molecule has 0 unspecified atom stereocenters. The molecule has 0 aliphatic carbocycles. The van der Waals surface area contributed by atoms with Gasteiger partial charge in [0.15, 0.2) is 5.69 Å². The van der Waals surface area contributed by atoms with Crippen molar-refractivity contribution in [2.75, 3.05) is 34.9 Å². The summed E-state index contributed by atoms with van der Waals surface area (Å²) in [7, 11) is -2.12. The molecular formula is C27H30ClN9O4S. The molecule has 1 aliphatic rings. The molecule has 3 N–H and O–H groups in total. The fourth-order valence-electron chi connectivity index (χ4n) is 5.02. The lowest BCUT2D eigenvalue weighted by Gasteiger charge is -2.23. The molecular weight excluding hydrogens is 582 g/mol. The fourth-order valence-corrected chi connectivity index (χ4v) is 5.60. The summed E-state index contributed by atoms with van der Waals surface area (Å²) in [6.45, 7) is 5.03. The average molecular weight is 612 g/mol. The van der Waals surface area contributed by atoms with Crippen molar-refractivity contribution in [2.45, 2.75) is 32.4 Å². The van der Waals surface area contributed by atoms with Gasteiger partial charge in [0.05, 0.1) is 28.9 Å². The first kappa shape index (κ1) is 29.2. The Morgan fingerprint density at radius 3 is 2.62 bits per heavy atom. The van der Waals surface area contributed by atoms with Crippen LogP contribution in [0.4, 0.5) is 17.6 Å². The van der Waals surface area contributed by atoms with E-state index in [2.05, 4.69) is 30.5 Å². The predicted octanol–water partition coefficient (Wildman–Crippen LogP) is 2.63. The highest BCUT2D eigenvalue weighted by atomic mass is 35.5. The van der Waals surface area contributed by atoms with E-state index in [1.807, 2.05) is 24.6 Å². The van der Waals surface area contributed by atoms with Gasteiger partial charge in [0.1, 0.15) is 5.15 Å². The third-order valence-electron chi connectivity index (χ3n) is 6.89. The number of hydrogen-bond acceptors (Lipinski definition) is 11. The van der Waals surface area contributed by atoms with E-state index >= 15 is 0 Å². The molecule has 1 aliphatic heterocycles. The Labute approximate surface area is 247 Å². The van der Waals surface area contributed by atoms with Gasteiger partial charge in [-0.15, -0.1) is 0 Å². The van der Waals surface area contributed by atoms with E-state index in [0.717, 1.165) is 23.8 Å². The fraction of sp³-hybridized carbons (Fsp3) is 0.333. The minimum Gasteiger partial charge on any atom is -0.377 e. The number of sulfonamides is 1. The van der Waals surface area contributed by atoms with Crippen molar-refractivity contribution in [3.8, 4) is 0 Å². The van der Waals surface area contributed by atoms with Crippen molar-refractivity contribution in [3.05, 3.63) is 75.1 Å². The summed E-state index contributed by atoms with van der Waals surface area (Å²) in [6.07, 6.45) is 5.04. The molecule has 42 heavy (non-hydrogen) atoms. The lowest BCUT2D eigenvalue weighted by molar-refractivity contribution is 0.0977. The smallest absolute Gasteiger partial charge is 0.285 e. The summed E-state index contributed by atoms with van der Waals surface area (Å²) in [5, 5.41) is 7.05. The molecule has 4 aromatic rings. The Hall–Kier alpha value is -4.30. The van der Waals surface area contributed by atoms with Crippen LogP contribution >= 0.6 is 11.6 Å². The largest absolute Gasteiger partial charge is 0.377 e. The number of rotatable bonds is 8. The topological polar surface area (TPSA) is 164 Å². The third-order valence-corrected chi connectivity index (χ3v) is 7.66. The molecule has 220 valence electrons. The maximum Gasteiger partial charge on any atom is 0.285 e. The van der Waals surface area contributed by atoms with Crippen LogP contribution < -0.4 is 25.8 Å². The molecule has 15 heteroatoms. The lowest BCUT2D eigenvalue weighted by Crippen LogP contribution is -2.32. The molecule has 3 aromatic heterocycles. The van der Waals surface area contributed by atoms with Crippen LogP contribution in [0.5, 0.6) is 0 Å². The minimum atomic E-state index is -3.83. The molecule has 0 spiro atoms. The van der Waals surface area contributed by atoms with Gasteiger partial charge in [-0.1, -0.05) is 17.7 Å². The highest BCUT2D eigenvalue weighted by Crippen LogP contribution is 2.30. The summed E-state index contributed by atoms with van der Waals surface area (Å²) >= 11 is 6.02. The van der Waals surface area contributed by atoms with Crippen molar-refractivity contribution in [1.82, 2.24) is 29.2 Å². The third kappa shape index (κ3) is 6.29. The Kier molecular flexibility index (Phi) is 8.01. The van der Waals surface area contributed by atoms with Crippen LogP contribution in [0.3, 0.4) is 0 Å². The molecule has 1 amide bonds. The summed E-state index contributed by atoms with van der Waals surface area (Å²) in [5.74, 6) is 0.157. The minimum absolute atomic E-state index is 0.0277. The van der Waals surface area contributed by atoms with E-state index < -0.39 is 22.0 Å². The molecule has 5 rings (SSSR count). The second-order valence-corrected chi connectivity index (χ2v) is 12.4. The number of hydrogen-bond donors (Lipinski definition) is 3. The van der Waals surface area contributed by atoms with Gasteiger partial charge < -0.3 is 15.5 Å². The first-order valence-electron chi connectivity index (χ1n) is 13.1. The highest BCUT2D eigenvalue weighted by Gasteiger charge is 2.27. The number of aryl methyl sites for hydroxylation is 1. The summed E-state index contributed by atoms with van der Waals surface area (Å²) < 4.78 is 26.8. The van der Waals surface area contributed by atoms with Crippen LogP contribution in [0, 0.1) is 6.92 Å². The van der Waals surface area contributed by atoms with Gasteiger partial charge in [-0.2, -0.15) is 0 Å². The average Bonchev–Trinajstić information content (AvgIpc) is 3.39. The van der Waals surface area contributed by atoms with E-state index in [1.165, 1.54) is 6.07 Å². The number of benzene rings is 1. The number of amides is 1. The summed E-state index contributed by atoms with van der Waals surface area (Å²) in [5.41, 5.74) is 2.00. The van der Waals surface area contributed by atoms with Crippen molar-refractivity contribution >= 4 is 56.0 Å². The zero-order valence-electron chi connectivity index (χ0n) is 23.4. The summed E-state index contributed by atoms with van der Waals surface area (Å²) in [6, 6.07) is 8.14. The molecule has 0 bridgehead atoms. The van der Waals surface area contributed by atoms with Crippen LogP contribution in [-0.2, 0) is 17.1 Å². The van der Waals surface area contributed by atoms with Gasteiger partial charge in [0.25, 0.3) is 11.5 Å². The second-order valence-electron chi connectivity index (χ2n) is 10.3. The number of anilines is 3. The second kappa shape index (κ2) is 11.5.